The van der Waals surface area contributed by atoms with Crippen LogP contribution >= 0.6 is 34.2 Å². The third-order valence-electron chi connectivity index (χ3n) is 5.88. The molecular weight excluding hydrogens is 523 g/mol. The van der Waals surface area contributed by atoms with Crippen molar-refractivity contribution in [3.05, 3.63) is 80.9 Å². The maximum absolute atomic E-state index is 13.3. The van der Waals surface area contributed by atoms with Gasteiger partial charge in [0.2, 0.25) is 5.91 Å². The number of amides is 2. The topological polar surface area (TPSA) is 49.4 Å². The first-order chi connectivity index (χ1) is 14.9. The van der Waals surface area contributed by atoms with Crippen molar-refractivity contribution in [2.45, 2.75) is 38.1 Å². The van der Waals surface area contributed by atoms with E-state index in [0.29, 0.717) is 31.0 Å². The van der Waals surface area contributed by atoms with E-state index in [2.05, 4.69) is 46.6 Å². The number of hydrogen-bond donors (Lipinski definition) is 1. The number of benzene rings is 2. The molecule has 2 aromatic carbocycles. The largest absolute Gasteiger partial charge is 0.341 e. The number of hydrogen-bond acceptors (Lipinski definition) is 2. The van der Waals surface area contributed by atoms with Gasteiger partial charge in [0.1, 0.15) is 6.04 Å². The first kappa shape index (κ1) is 23.8. The first-order valence-electron chi connectivity index (χ1n) is 10.6. The molecular formula is C25H28ClIN2O2. The summed E-state index contributed by atoms with van der Waals surface area (Å²) in [6.07, 6.45) is 4.17. The molecule has 1 N–H and O–H groups in total. The predicted octanol–water partition coefficient (Wildman–Crippen LogP) is 5.66. The standard InChI is InChI=1S/C25H28ClIN2O2/c1-3-17(2)16-23(28-24(30)21-6-4-5-7-22(21)27)25(31)29-14-12-19(13-15-29)18-8-10-20(26)11-9-18/h3-11,17,19,23H,1,12-16H2,2H3,(H,28,30). The summed E-state index contributed by atoms with van der Waals surface area (Å²) in [5.74, 6) is 0.321. The third kappa shape index (κ3) is 6.32. The van der Waals surface area contributed by atoms with Gasteiger partial charge in [-0.2, -0.15) is 0 Å². The molecule has 1 aliphatic heterocycles. The number of carbonyl (C=O) groups is 2. The molecule has 0 spiro atoms. The SMILES string of the molecule is C=CC(C)CC(NC(=O)c1ccccc1I)C(=O)N1CCC(c2ccc(Cl)cc2)CC1. The van der Waals surface area contributed by atoms with Gasteiger partial charge in [-0.1, -0.05) is 48.9 Å². The van der Waals surface area contributed by atoms with Crippen molar-refractivity contribution in [1.82, 2.24) is 10.2 Å². The van der Waals surface area contributed by atoms with Gasteiger partial charge in [-0.15, -0.1) is 6.58 Å². The van der Waals surface area contributed by atoms with E-state index in [1.807, 2.05) is 48.2 Å². The lowest BCUT2D eigenvalue weighted by Gasteiger charge is -2.35. The van der Waals surface area contributed by atoms with Gasteiger partial charge in [0.25, 0.3) is 5.91 Å². The molecule has 0 bridgehead atoms. The van der Waals surface area contributed by atoms with Gasteiger partial charge in [-0.05, 0) is 83.5 Å². The molecule has 3 rings (SSSR count). The summed E-state index contributed by atoms with van der Waals surface area (Å²) in [5.41, 5.74) is 1.86. The molecule has 2 amide bonds. The zero-order chi connectivity index (χ0) is 22.4. The Morgan fingerprint density at radius 2 is 1.84 bits per heavy atom. The fourth-order valence-electron chi connectivity index (χ4n) is 3.96. The summed E-state index contributed by atoms with van der Waals surface area (Å²) in [4.78, 5) is 28.1. The fourth-order valence-corrected chi connectivity index (χ4v) is 4.72. The van der Waals surface area contributed by atoms with E-state index < -0.39 is 6.04 Å². The van der Waals surface area contributed by atoms with Crippen LogP contribution in [-0.4, -0.2) is 35.8 Å². The zero-order valence-electron chi connectivity index (χ0n) is 17.7. The number of nitrogens with zero attached hydrogens (tertiary/aromatic N) is 1. The van der Waals surface area contributed by atoms with Crippen molar-refractivity contribution in [3.8, 4) is 0 Å². The normalized spacial score (nSPS) is 16.4. The quantitative estimate of drug-likeness (QED) is 0.357. The van der Waals surface area contributed by atoms with E-state index in [0.717, 1.165) is 21.4 Å². The molecule has 4 nitrogen and oxygen atoms in total. The van der Waals surface area contributed by atoms with Crippen LogP contribution in [0.15, 0.2) is 61.2 Å². The number of rotatable bonds is 7. The Balaban J connectivity index is 1.67. The average molecular weight is 551 g/mol. The van der Waals surface area contributed by atoms with Crippen LogP contribution in [0.25, 0.3) is 0 Å². The molecule has 2 unspecified atom stereocenters. The van der Waals surface area contributed by atoms with Crippen LogP contribution in [0.2, 0.25) is 5.02 Å². The summed E-state index contributed by atoms with van der Waals surface area (Å²) >= 11 is 8.15. The molecule has 164 valence electrons. The molecule has 0 aliphatic carbocycles. The van der Waals surface area contributed by atoms with Crippen LogP contribution in [0.4, 0.5) is 0 Å². The Labute approximate surface area is 203 Å². The van der Waals surface area contributed by atoms with Crippen molar-refractivity contribution in [3.63, 3.8) is 0 Å². The minimum atomic E-state index is -0.566. The van der Waals surface area contributed by atoms with Gasteiger partial charge in [-0.25, -0.2) is 0 Å². The fraction of sp³-hybridized carbons (Fsp3) is 0.360. The maximum atomic E-state index is 13.3. The number of carbonyl (C=O) groups excluding carboxylic acids is 2. The Hall–Kier alpha value is -1.86. The van der Waals surface area contributed by atoms with Crippen molar-refractivity contribution in [2.24, 2.45) is 5.92 Å². The summed E-state index contributed by atoms with van der Waals surface area (Å²) in [6, 6.07) is 14.8. The van der Waals surface area contributed by atoms with Crippen molar-refractivity contribution < 1.29 is 9.59 Å². The van der Waals surface area contributed by atoms with Crippen LogP contribution in [0.5, 0.6) is 0 Å². The lowest BCUT2D eigenvalue weighted by atomic mass is 9.89. The Morgan fingerprint density at radius 1 is 1.19 bits per heavy atom. The van der Waals surface area contributed by atoms with Gasteiger partial charge in [0, 0.05) is 21.7 Å². The maximum Gasteiger partial charge on any atom is 0.253 e. The summed E-state index contributed by atoms with van der Waals surface area (Å²) in [7, 11) is 0. The van der Waals surface area contributed by atoms with E-state index in [-0.39, 0.29) is 17.7 Å². The molecule has 6 heteroatoms. The van der Waals surface area contributed by atoms with Gasteiger partial charge in [-0.3, -0.25) is 9.59 Å². The van der Waals surface area contributed by atoms with E-state index in [1.54, 1.807) is 6.07 Å². The van der Waals surface area contributed by atoms with Crippen LogP contribution in [0.1, 0.15) is 48.0 Å². The van der Waals surface area contributed by atoms with E-state index in [4.69, 9.17) is 11.6 Å². The van der Waals surface area contributed by atoms with Gasteiger partial charge >= 0.3 is 0 Å². The molecule has 31 heavy (non-hydrogen) atoms. The lowest BCUT2D eigenvalue weighted by Crippen LogP contribution is -2.51. The molecule has 1 aliphatic rings. The predicted molar refractivity (Wildman–Crippen MR) is 134 cm³/mol. The van der Waals surface area contributed by atoms with Gasteiger partial charge < -0.3 is 10.2 Å². The number of halogens is 2. The van der Waals surface area contributed by atoms with Crippen molar-refractivity contribution in [2.75, 3.05) is 13.1 Å². The first-order valence-corrected chi connectivity index (χ1v) is 12.1. The smallest absolute Gasteiger partial charge is 0.253 e. The monoisotopic (exact) mass is 550 g/mol. The third-order valence-corrected chi connectivity index (χ3v) is 7.07. The van der Waals surface area contributed by atoms with E-state index in [1.165, 1.54) is 5.56 Å². The molecule has 2 aromatic rings. The molecule has 1 saturated heterocycles. The Kier molecular flexibility index (Phi) is 8.55. The van der Waals surface area contributed by atoms with Crippen molar-refractivity contribution >= 4 is 46.0 Å². The molecule has 0 radical (unpaired) electrons. The highest BCUT2D eigenvalue weighted by Crippen LogP contribution is 2.29. The summed E-state index contributed by atoms with van der Waals surface area (Å²) < 4.78 is 0.865. The molecule has 0 saturated carbocycles. The van der Waals surface area contributed by atoms with Crippen LogP contribution in [-0.2, 0) is 4.79 Å². The van der Waals surface area contributed by atoms with Crippen LogP contribution in [0, 0.1) is 9.49 Å². The van der Waals surface area contributed by atoms with Gasteiger partial charge in [0.15, 0.2) is 0 Å². The van der Waals surface area contributed by atoms with Crippen LogP contribution in [0.3, 0.4) is 0 Å². The highest BCUT2D eigenvalue weighted by Gasteiger charge is 2.31. The molecule has 2 atom stereocenters. The minimum Gasteiger partial charge on any atom is -0.341 e. The Morgan fingerprint density at radius 3 is 2.45 bits per heavy atom. The zero-order valence-corrected chi connectivity index (χ0v) is 20.6. The van der Waals surface area contributed by atoms with E-state index >= 15 is 0 Å². The highest BCUT2D eigenvalue weighted by atomic mass is 127. The minimum absolute atomic E-state index is 0.0115. The second-order valence-electron chi connectivity index (χ2n) is 8.11. The molecule has 0 aromatic heterocycles. The summed E-state index contributed by atoms with van der Waals surface area (Å²) in [6.45, 7) is 7.22. The number of allylic oxidation sites excluding steroid dienone is 1. The number of likely N-dealkylation sites (tertiary alicyclic amines) is 1. The number of piperidine rings is 1. The van der Waals surface area contributed by atoms with Crippen molar-refractivity contribution in [1.29, 1.82) is 0 Å². The highest BCUT2D eigenvalue weighted by molar-refractivity contribution is 14.1. The van der Waals surface area contributed by atoms with Crippen LogP contribution < -0.4 is 5.32 Å². The van der Waals surface area contributed by atoms with E-state index in [9.17, 15) is 9.59 Å². The molecule has 1 heterocycles. The summed E-state index contributed by atoms with van der Waals surface area (Å²) in [5, 5.41) is 3.72. The van der Waals surface area contributed by atoms with Gasteiger partial charge in [0.05, 0.1) is 5.56 Å². The second-order valence-corrected chi connectivity index (χ2v) is 9.70. The molecule has 1 fully saturated rings. The lowest BCUT2D eigenvalue weighted by molar-refractivity contribution is -0.134. The Bertz CT molecular complexity index is 923. The average Bonchev–Trinajstić information content (AvgIpc) is 2.79. The second kappa shape index (κ2) is 11.1. The number of nitrogens with one attached hydrogen (secondary N) is 1.